The molecule has 2 aromatic heterocycles. The second-order valence-corrected chi connectivity index (χ2v) is 5.02. The highest BCUT2D eigenvalue weighted by molar-refractivity contribution is 5.67. The zero-order valence-electron chi connectivity index (χ0n) is 11.0. The summed E-state index contributed by atoms with van der Waals surface area (Å²) >= 11 is 0. The Morgan fingerprint density at radius 3 is 3.15 bits per heavy atom. The number of carboxylic acids is 1. The van der Waals surface area contributed by atoms with Crippen molar-refractivity contribution >= 4 is 5.97 Å². The van der Waals surface area contributed by atoms with Crippen LogP contribution >= 0.6 is 0 Å². The Bertz CT molecular complexity index is 576. The highest BCUT2D eigenvalue weighted by Gasteiger charge is 2.27. The van der Waals surface area contributed by atoms with Gasteiger partial charge in [-0.1, -0.05) is 5.16 Å². The molecular formula is C14H16N2O4. The van der Waals surface area contributed by atoms with Crippen molar-refractivity contribution in [3.8, 4) is 11.5 Å². The Hall–Kier alpha value is -2.08. The first-order valence-corrected chi connectivity index (χ1v) is 6.67. The Kier molecular flexibility index (Phi) is 3.56. The highest BCUT2D eigenvalue weighted by atomic mass is 16.5. The molecule has 6 nitrogen and oxygen atoms in total. The smallest absolute Gasteiger partial charge is 0.304 e. The third-order valence-electron chi connectivity index (χ3n) is 3.60. The van der Waals surface area contributed by atoms with Gasteiger partial charge in [0.25, 0.3) is 0 Å². The second-order valence-electron chi connectivity index (χ2n) is 5.02. The van der Waals surface area contributed by atoms with Crippen LogP contribution in [0.2, 0.25) is 0 Å². The summed E-state index contributed by atoms with van der Waals surface area (Å²) < 4.78 is 10.5. The summed E-state index contributed by atoms with van der Waals surface area (Å²) in [5.41, 5.74) is 0.800. The summed E-state index contributed by atoms with van der Waals surface area (Å²) in [6.45, 7) is 1.52. The van der Waals surface area contributed by atoms with Crippen LogP contribution in [0.3, 0.4) is 0 Å². The first-order valence-electron chi connectivity index (χ1n) is 6.67. The largest absolute Gasteiger partial charge is 0.481 e. The number of aliphatic carboxylic acids is 1. The van der Waals surface area contributed by atoms with Crippen LogP contribution in [0.5, 0.6) is 0 Å². The summed E-state index contributed by atoms with van der Waals surface area (Å²) in [5, 5.41) is 12.9. The van der Waals surface area contributed by atoms with E-state index in [0.717, 1.165) is 25.1 Å². The van der Waals surface area contributed by atoms with Crippen LogP contribution in [-0.4, -0.2) is 33.7 Å². The second kappa shape index (κ2) is 5.50. The van der Waals surface area contributed by atoms with Crippen molar-refractivity contribution in [3.63, 3.8) is 0 Å². The maximum atomic E-state index is 10.8. The van der Waals surface area contributed by atoms with Crippen molar-refractivity contribution < 1.29 is 18.8 Å². The van der Waals surface area contributed by atoms with Crippen LogP contribution in [0.1, 0.15) is 25.0 Å². The lowest BCUT2D eigenvalue weighted by Gasteiger charge is -2.21. The molecule has 6 heteroatoms. The van der Waals surface area contributed by atoms with Crippen LogP contribution in [0.15, 0.2) is 33.4 Å². The van der Waals surface area contributed by atoms with Crippen LogP contribution in [0.25, 0.3) is 11.5 Å². The van der Waals surface area contributed by atoms with Gasteiger partial charge in [-0.3, -0.25) is 9.69 Å². The molecule has 0 aromatic carbocycles. The van der Waals surface area contributed by atoms with Gasteiger partial charge in [-0.25, -0.2) is 0 Å². The number of hydrogen-bond donors (Lipinski definition) is 1. The minimum absolute atomic E-state index is 0.0938. The number of rotatable bonds is 5. The van der Waals surface area contributed by atoms with Crippen molar-refractivity contribution in [1.82, 2.24) is 10.1 Å². The lowest BCUT2D eigenvalue weighted by molar-refractivity contribution is -0.138. The third-order valence-corrected chi connectivity index (χ3v) is 3.60. The lowest BCUT2D eigenvalue weighted by atomic mass is 10.1. The van der Waals surface area contributed by atoms with Gasteiger partial charge in [-0.2, -0.15) is 0 Å². The van der Waals surface area contributed by atoms with Gasteiger partial charge in [-0.15, -0.1) is 0 Å². The Morgan fingerprint density at radius 2 is 2.40 bits per heavy atom. The Balaban J connectivity index is 1.67. The van der Waals surface area contributed by atoms with E-state index in [-0.39, 0.29) is 12.5 Å². The molecule has 0 saturated carbocycles. The van der Waals surface area contributed by atoms with Gasteiger partial charge in [0, 0.05) is 18.7 Å². The molecule has 0 spiro atoms. The van der Waals surface area contributed by atoms with E-state index in [1.165, 1.54) is 0 Å². The third kappa shape index (κ3) is 2.75. The van der Waals surface area contributed by atoms with Gasteiger partial charge in [0.1, 0.15) is 0 Å². The van der Waals surface area contributed by atoms with Crippen molar-refractivity contribution in [3.05, 3.63) is 30.2 Å². The van der Waals surface area contributed by atoms with E-state index in [1.54, 1.807) is 12.3 Å². The Morgan fingerprint density at radius 1 is 1.50 bits per heavy atom. The highest BCUT2D eigenvalue weighted by Crippen LogP contribution is 2.25. The lowest BCUT2D eigenvalue weighted by Crippen LogP contribution is -2.30. The van der Waals surface area contributed by atoms with E-state index in [1.807, 2.05) is 12.1 Å². The van der Waals surface area contributed by atoms with Crippen LogP contribution < -0.4 is 0 Å². The van der Waals surface area contributed by atoms with E-state index in [2.05, 4.69) is 10.1 Å². The number of carbonyl (C=O) groups is 1. The molecule has 3 rings (SSSR count). The fourth-order valence-corrected chi connectivity index (χ4v) is 2.67. The molecule has 1 saturated heterocycles. The topological polar surface area (TPSA) is 79.7 Å². The standard InChI is InChI=1S/C14H16N2O4/c17-14(18)8-11-3-1-5-16(11)9-10-7-13(20-15-10)12-4-2-6-19-12/h2,4,6-7,11H,1,3,5,8-9H2,(H,17,18). The van der Waals surface area contributed by atoms with Crippen LogP contribution in [0, 0.1) is 0 Å². The van der Waals surface area contributed by atoms with Crippen LogP contribution in [0.4, 0.5) is 0 Å². The SMILES string of the molecule is O=C(O)CC1CCCN1Cc1cc(-c2ccco2)on1. The van der Waals surface area contributed by atoms with Crippen molar-refractivity contribution in [1.29, 1.82) is 0 Å². The first-order chi connectivity index (χ1) is 9.72. The average Bonchev–Trinajstić information content (AvgIpc) is 3.11. The van der Waals surface area contributed by atoms with Gasteiger partial charge < -0.3 is 14.0 Å². The maximum Gasteiger partial charge on any atom is 0.304 e. The minimum Gasteiger partial charge on any atom is -0.481 e. The molecule has 1 N–H and O–H groups in total. The number of aromatic nitrogens is 1. The van der Waals surface area contributed by atoms with E-state index in [9.17, 15) is 4.79 Å². The molecule has 1 aliphatic heterocycles. The van der Waals surface area contributed by atoms with Gasteiger partial charge in [-0.05, 0) is 31.5 Å². The van der Waals surface area contributed by atoms with Gasteiger partial charge in [0.15, 0.2) is 5.76 Å². The summed E-state index contributed by atoms with van der Waals surface area (Å²) in [6.07, 6.45) is 3.72. The summed E-state index contributed by atoms with van der Waals surface area (Å²) in [6, 6.07) is 5.54. The molecule has 1 atom stereocenters. The monoisotopic (exact) mass is 276 g/mol. The van der Waals surface area contributed by atoms with E-state index in [0.29, 0.717) is 18.1 Å². The number of likely N-dealkylation sites (tertiary alicyclic amines) is 1. The predicted molar refractivity (Wildman–Crippen MR) is 69.9 cm³/mol. The van der Waals surface area contributed by atoms with Gasteiger partial charge >= 0.3 is 5.97 Å². The molecule has 0 bridgehead atoms. The average molecular weight is 276 g/mol. The maximum absolute atomic E-state index is 10.8. The first kappa shape index (κ1) is 12.9. The van der Waals surface area contributed by atoms with Crippen molar-refractivity contribution in [2.75, 3.05) is 6.54 Å². The van der Waals surface area contributed by atoms with E-state index < -0.39 is 5.97 Å². The molecule has 1 unspecified atom stereocenters. The summed E-state index contributed by atoms with van der Waals surface area (Å²) in [4.78, 5) is 13.0. The number of nitrogens with zero attached hydrogens (tertiary/aromatic N) is 2. The summed E-state index contributed by atoms with van der Waals surface area (Å²) in [7, 11) is 0. The molecule has 1 aliphatic rings. The molecule has 20 heavy (non-hydrogen) atoms. The zero-order valence-corrected chi connectivity index (χ0v) is 11.0. The zero-order chi connectivity index (χ0) is 13.9. The molecule has 0 amide bonds. The van der Waals surface area contributed by atoms with E-state index >= 15 is 0 Å². The predicted octanol–water partition coefficient (Wildman–Crippen LogP) is 2.37. The fourth-order valence-electron chi connectivity index (χ4n) is 2.67. The number of carboxylic acid groups (broad SMARTS) is 1. The molecule has 1 fully saturated rings. The minimum atomic E-state index is -0.752. The fraction of sp³-hybridized carbons (Fsp3) is 0.429. The molecule has 3 heterocycles. The van der Waals surface area contributed by atoms with Crippen molar-refractivity contribution in [2.45, 2.75) is 31.8 Å². The molecule has 106 valence electrons. The molecule has 0 aliphatic carbocycles. The van der Waals surface area contributed by atoms with Crippen LogP contribution in [-0.2, 0) is 11.3 Å². The van der Waals surface area contributed by atoms with Gasteiger partial charge in [0.2, 0.25) is 5.76 Å². The number of furan rings is 1. The molecular weight excluding hydrogens is 260 g/mol. The Labute approximate surface area is 116 Å². The normalized spacial score (nSPS) is 19.5. The summed E-state index contributed by atoms with van der Waals surface area (Å²) in [5.74, 6) is 0.490. The quantitative estimate of drug-likeness (QED) is 0.903. The van der Waals surface area contributed by atoms with Gasteiger partial charge in [0.05, 0.1) is 18.4 Å². The van der Waals surface area contributed by atoms with Crippen molar-refractivity contribution in [2.24, 2.45) is 0 Å². The molecule has 2 aromatic rings. The number of hydrogen-bond acceptors (Lipinski definition) is 5. The van der Waals surface area contributed by atoms with E-state index in [4.69, 9.17) is 14.0 Å². The molecule has 0 radical (unpaired) electrons.